The van der Waals surface area contributed by atoms with Crippen LogP contribution < -0.4 is 0 Å². The van der Waals surface area contributed by atoms with Crippen LogP contribution in [0.15, 0.2) is 54.6 Å². The summed E-state index contributed by atoms with van der Waals surface area (Å²) in [5.74, 6) is -2.51. The Labute approximate surface area is 149 Å². The summed E-state index contributed by atoms with van der Waals surface area (Å²) in [5, 5.41) is 1.42. The third kappa shape index (κ3) is 4.28. The molecule has 0 aliphatic carbocycles. The lowest BCUT2D eigenvalue weighted by molar-refractivity contribution is -0.147. The van der Waals surface area contributed by atoms with Crippen molar-refractivity contribution in [3.8, 4) is 0 Å². The van der Waals surface area contributed by atoms with Gasteiger partial charge in [0.05, 0.1) is 0 Å². The Hall–Kier alpha value is -3.57. The van der Waals surface area contributed by atoms with Crippen molar-refractivity contribution in [3.63, 3.8) is 0 Å². The molecule has 26 heavy (non-hydrogen) atoms. The molecule has 132 valence electrons. The summed E-state index contributed by atoms with van der Waals surface area (Å²) in [7, 11) is 0. The smallest absolute Gasteiger partial charge is 0.446 e. The predicted octanol–water partition coefficient (Wildman–Crippen LogP) is 2.36. The minimum atomic E-state index is -1.11. The number of rotatable bonds is 7. The first-order valence-electron chi connectivity index (χ1n) is 7.70. The Kier molecular flexibility index (Phi) is 6.14. The van der Waals surface area contributed by atoms with Gasteiger partial charge in [0.15, 0.2) is 0 Å². The molecular formula is C19H16N2O5. The molecule has 0 radical (unpaired) electrons. The van der Waals surface area contributed by atoms with Gasteiger partial charge in [-0.3, -0.25) is 4.79 Å². The summed E-state index contributed by atoms with van der Waals surface area (Å²) in [6, 6.07) is 12.1. The number of carbonyl (C=O) groups is 3. The standard InChI is InChI=1S/C19H16N2O5/c1-12(2)18(23)25-10-11-26-19(24)16(21-20)17(22)15-9-5-7-13-6-3-4-8-14(13)15/h3-9H,1,10-11H2,2H3. The molecule has 0 unspecified atom stereocenters. The fourth-order valence-electron chi connectivity index (χ4n) is 2.19. The summed E-state index contributed by atoms with van der Waals surface area (Å²) in [6.07, 6.45) is 0. The van der Waals surface area contributed by atoms with E-state index in [-0.39, 0.29) is 24.4 Å². The molecule has 0 fully saturated rings. The maximum Gasteiger partial charge on any atom is 0.446 e. The molecule has 7 nitrogen and oxygen atoms in total. The van der Waals surface area contributed by atoms with Gasteiger partial charge in [0.1, 0.15) is 13.2 Å². The van der Waals surface area contributed by atoms with Gasteiger partial charge in [-0.25, -0.2) is 9.59 Å². The van der Waals surface area contributed by atoms with E-state index in [0.717, 1.165) is 5.39 Å². The Bertz CT molecular complexity index is 937. The highest BCUT2D eigenvalue weighted by Crippen LogP contribution is 2.19. The monoisotopic (exact) mass is 352 g/mol. The van der Waals surface area contributed by atoms with E-state index in [0.29, 0.717) is 5.39 Å². The maximum atomic E-state index is 12.6. The molecule has 2 aromatic rings. The summed E-state index contributed by atoms with van der Waals surface area (Å²) >= 11 is 0. The molecule has 0 saturated carbocycles. The van der Waals surface area contributed by atoms with E-state index in [1.807, 2.05) is 18.2 Å². The highest BCUT2D eigenvalue weighted by molar-refractivity contribution is 6.66. The van der Waals surface area contributed by atoms with Crippen molar-refractivity contribution in [2.24, 2.45) is 0 Å². The zero-order valence-electron chi connectivity index (χ0n) is 14.1. The van der Waals surface area contributed by atoms with Crippen LogP contribution in [0.5, 0.6) is 0 Å². The van der Waals surface area contributed by atoms with Crippen LogP contribution in [0.4, 0.5) is 0 Å². The van der Waals surface area contributed by atoms with Crippen LogP contribution in [-0.2, 0) is 19.1 Å². The largest absolute Gasteiger partial charge is 0.459 e. The molecule has 0 amide bonds. The average molecular weight is 352 g/mol. The van der Waals surface area contributed by atoms with Crippen molar-refractivity contribution in [2.75, 3.05) is 13.2 Å². The van der Waals surface area contributed by atoms with Gasteiger partial charge in [-0.05, 0) is 17.7 Å². The predicted molar refractivity (Wildman–Crippen MR) is 93.6 cm³/mol. The van der Waals surface area contributed by atoms with Crippen molar-refractivity contribution in [1.82, 2.24) is 0 Å². The zero-order valence-corrected chi connectivity index (χ0v) is 14.1. The van der Waals surface area contributed by atoms with Gasteiger partial charge in [0, 0.05) is 11.1 Å². The second-order valence-electron chi connectivity index (χ2n) is 5.36. The van der Waals surface area contributed by atoms with Crippen molar-refractivity contribution in [1.29, 1.82) is 0 Å². The summed E-state index contributed by atoms with van der Waals surface area (Å²) in [6.45, 7) is 4.39. The lowest BCUT2D eigenvalue weighted by Crippen LogP contribution is -2.29. The number of hydrogen-bond donors (Lipinski definition) is 0. The molecule has 0 N–H and O–H groups in total. The lowest BCUT2D eigenvalue weighted by atomic mass is 9.99. The van der Waals surface area contributed by atoms with Gasteiger partial charge in [0.25, 0.3) is 5.78 Å². The van der Waals surface area contributed by atoms with Gasteiger partial charge < -0.3 is 15.0 Å². The highest BCUT2D eigenvalue weighted by Gasteiger charge is 2.33. The van der Waals surface area contributed by atoms with Gasteiger partial charge >= 0.3 is 17.7 Å². The molecular weight excluding hydrogens is 336 g/mol. The van der Waals surface area contributed by atoms with E-state index in [9.17, 15) is 14.4 Å². The number of carbonyl (C=O) groups excluding carboxylic acids is 3. The van der Waals surface area contributed by atoms with Gasteiger partial charge in [-0.1, -0.05) is 49.0 Å². The molecule has 0 saturated heterocycles. The van der Waals surface area contributed by atoms with Crippen LogP contribution in [0.1, 0.15) is 17.3 Å². The summed E-state index contributed by atoms with van der Waals surface area (Å²) in [4.78, 5) is 38.6. The molecule has 7 heteroatoms. The average Bonchev–Trinajstić information content (AvgIpc) is 2.64. The van der Waals surface area contributed by atoms with E-state index in [1.165, 1.54) is 13.0 Å². The third-order valence-electron chi connectivity index (χ3n) is 3.44. The summed E-state index contributed by atoms with van der Waals surface area (Å²) < 4.78 is 9.59. The molecule has 0 aliphatic heterocycles. The Morgan fingerprint density at radius 3 is 2.27 bits per heavy atom. The minimum Gasteiger partial charge on any atom is -0.459 e. The lowest BCUT2D eigenvalue weighted by Gasteiger charge is -2.05. The Morgan fingerprint density at radius 1 is 1.00 bits per heavy atom. The number of benzene rings is 2. The number of ketones is 1. The van der Waals surface area contributed by atoms with E-state index < -0.39 is 23.4 Å². The highest BCUT2D eigenvalue weighted by atomic mass is 16.6. The quantitative estimate of drug-likeness (QED) is 0.111. The molecule has 2 aromatic carbocycles. The first-order chi connectivity index (χ1) is 12.5. The Morgan fingerprint density at radius 2 is 1.62 bits per heavy atom. The number of hydrogen-bond acceptors (Lipinski definition) is 5. The molecule has 0 aromatic heterocycles. The fraction of sp³-hybridized carbons (Fsp3) is 0.158. The van der Waals surface area contributed by atoms with Crippen molar-refractivity contribution < 1.29 is 28.6 Å². The third-order valence-corrected chi connectivity index (χ3v) is 3.44. The second-order valence-corrected chi connectivity index (χ2v) is 5.36. The van der Waals surface area contributed by atoms with Crippen LogP contribution in [0, 0.1) is 0 Å². The number of fused-ring (bicyclic) bond motifs is 1. The maximum absolute atomic E-state index is 12.6. The van der Waals surface area contributed by atoms with Gasteiger partial charge in [-0.2, -0.15) is 4.79 Å². The molecule has 0 spiro atoms. The minimum absolute atomic E-state index is 0.208. The van der Waals surface area contributed by atoms with Gasteiger partial charge in [-0.15, -0.1) is 0 Å². The summed E-state index contributed by atoms with van der Waals surface area (Å²) in [5.41, 5.74) is 8.75. The molecule has 2 rings (SSSR count). The van der Waals surface area contributed by atoms with E-state index in [2.05, 4.69) is 11.4 Å². The number of nitrogens with zero attached hydrogens (tertiary/aromatic N) is 2. The second kappa shape index (κ2) is 8.50. The van der Waals surface area contributed by atoms with Gasteiger partial charge in [0.2, 0.25) is 0 Å². The molecule has 0 heterocycles. The zero-order chi connectivity index (χ0) is 19.1. The first kappa shape index (κ1) is 18.8. The van der Waals surface area contributed by atoms with Crippen LogP contribution in [0.25, 0.3) is 16.3 Å². The van der Waals surface area contributed by atoms with Crippen molar-refractivity contribution >= 4 is 34.2 Å². The van der Waals surface area contributed by atoms with E-state index in [1.54, 1.807) is 18.2 Å². The van der Waals surface area contributed by atoms with Crippen LogP contribution >= 0.6 is 0 Å². The molecule has 0 bridgehead atoms. The SMILES string of the molecule is C=C(C)C(=O)OCCOC(=O)C(=[N+]=[N-])C(=O)c1cccc2ccccc12. The topological polar surface area (TPSA) is 106 Å². The number of Topliss-reactive ketones (excluding diaryl/α,β-unsaturated/α-hetero) is 1. The van der Waals surface area contributed by atoms with Crippen molar-refractivity contribution in [2.45, 2.75) is 6.92 Å². The first-order valence-corrected chi connectivity index (χ1v) is 7.70. The van der Waals surface area contributed by atoms with E-state index >= 15 is 0 Å². The van der Waals surface area contributed by atoms with Crippen molar-refractivity contribution in [3.05, 3.63) is 65.7 Å². The fourth-order valence-corrected chi connectivity index (χ4v) is 2.19. The Balaban J connectivity index is 2.09. The van der Waals surface area contributed by atoms with Crippen LogP contribution in [0.2, 0.25) is 0 Å². The van der Waals surface area contributed by atoms with E-state index in [4.69, 9.17) is 15.0 Å². The number of esters is 2. The van der Waals surface area contributed by atoms with Crippen LogP contribution in [-0.4, -0.2) is 41.4 Å². The molecule has 0 aliphatic rings. The molecule has 0 atom stereocenters. The van der Waals surface area contributed by atoms with Crippen LogP contribution in [0.3, 0.4) is 0 Å². The number of ether oxygens (including phenoxy) is 2. The normalized spacial score (nSPS) is 9.88.